The van der Waals surface area contributed by atoms with Crippen LogP contribution in [0.4, 0.5) is 0 Å². The number of aliphatic carboxylic acids is 1. The predicted molar refractivity (Wildman–Crippen MR) is 77.8 cm³/mol. The maximum Gasteiger partial charge on any atom is 0.317 e. The van der Waals surface area contributed by atoms with Crippen LogP contribution in [0, 0.1) is 5.92 Å². The number of hydrogen-bond acceptors (Lipinski definition) is 4. The van der Waals surface area contributed by atoms with Crippen molar-refractivity contribution in [2.75, 3.05) is 26.2 Å². The number of carboxylic acid groups (broad SMARTS) is 1. The second-order valence-electron chi connectivity index (χ2n) is 5.24. The molecule has 110 valence electrons. The van der Waals surface area contributed by atoms with E-state index in [-0.39, 0.29) is 6.54 Å². The maximum atomic E-state index is 10.5. The lowest BCUT2D eigenvalue weighted by atomic mass is 9.97. The molecule has 1 aromatic heterocycles. The minimum absolute atomic E-state index is 0.0344. The molecule has 1 aliphatic rings. The van der Waals surface area contributed by atoms with Crippen LogP contribution in [0.5, 0.6) is 0 Å². The van der Waals surface area contributed by atoms with E-state index < -0.39 is 5.97 Å². The Hall–Kier alpha value is -1.17. The monoisotopic (exact) mass is 297 g/mol. The molecule has 1 fully saturated rings. The number of likely N-dealkylation sites (tertiary alicyclic amines) is 1. The van der Waals surface area contributed by atoms with Crippen molar-refractivity contribution in [1.29, 1.82) is 0 Å². The van der Waals surface area contributed by atoms with Gasteiger partial charge in [0.2, 0.25) is 0 Å². The van der Waals surface area contributed by atoms with Gasteiger partial charge in [0.15, 0.2) is 0 Å². The number of aromatic nitrogens is 1. The number of nitrogens with zero attached hydrogens (tertiary/aromatic N) is 2. The fraction of sp³-hybridized carbons (Fsp3) is 0.571. The Morgan fingerprint density at radius 1 is 1.60 bits per heavy atom. The van der Waals surface area contributed by atoms with Gasteiger partial charge in [-0.1, -0.05) is 11.6 Å². The quantitative estimate of drug-likeness (QED) is 0.835. The molecule has 0 spiro atoms. The van der Waals surface area contributed by atoms with Crippen LogP contribution in [0.15, 0.2) is 18.5 Å². The molecular formula is C14H20ClN3O2. The number of carbonyl (C=O) groups is 1. The molecule has 1 aromatic rings. The number of nitrogens with one attached hydrogen (secondary N) is 1. The van der Waals surface area contributed by atoms with Crippen LogP contribution in [-0.4, -0.2) is 47.1 Å². The van der Waals surface area contributed by atoms with Crippen LogP contribution >= 0.6 is 11.6 Å². The normalized spacial score (nSPS) is 19.9. The second-order valence-corrected chi connectivity index (χ2v) is 5.64. The highest BCUT2D eigenvalue weighted by Crippen LogP contribution is 2.21. The lowest BCUT2D eigenvalue weighted by Crippen LogP contribution is -2.40. The number of halogens is 1. The van der Waals surface area contributed by atoms with Crippen LogP contribution in [0.3, 0.4) is 0 Å². The van der Waals surface area contributed by atoms with E-state index >= 15 is 0 Å². The van der Waals surface area contributed by atoms with Crippen molar-refractivity contribution in [2.45, 2.75) is 19.4 Å². The summed E-state index contributed by atoms with van der Waals surface area (Å²) < 4.78 is 0. The first-order chi connectivity index (χ1) is 9.65. The number of pyridine rings is 1. The third-order valence-corrected chi connectivity index (χ3v) is 3.90. The lowest BCUT2D eigenvalue weighted by molar-refractivity contribution is -0.136. The van der Waals surface area contributed by atoms with E-state index in [1.165, 1.54) is 0 Å². The van der Waals surface area contributed by atoms with Gasteiger partial charge in [0, 0.05) is 25.5 Å². The molecule has 6 heteroatoms. The van der Waals surface area contributed by atoms with E-state index in [9.17, 15) is 4.79 Å². The van der Waals surface area contributed by atoms with Gasteiger partial charge in [-0.3, -0.25) is 14.7 Å². The molecule has 5 nitrogen and oxygen atoms in total. The molecule has 0 amide bonds. The number of carboxylic acids is 1. The van der Waals surface area contributed by atoms with Crippen LogP contribution in [-0.2, 0) is 11.3 Å². The van der Waals surface area contributed by atoms with Crippen LogP contribution < -0.4 is 5.32 Å². The summed E-state index contributed by atoms with van der Waals surface area (Å²) in [5.41, 5.74) is 1.10. The summed E-state index contributed by atoms with van der Waals surface area (Å²) in [6.07, 6.45) is 5.72. The first-order valence-electron chi connectivity index (χ1n) is 6.88. The van der Waals surface area contributed by atoms with E-state index in [0.717, 1.165) is 44.6 Å². The SMILES string of the molecule is O=C(O)CNCC1CCCN(Cc2ccncc2Cl)C1. The molecule has 20 heavy (non-hydrogen) atoms. The Morgan fingerprint density at radius 3 is 3.20 bits per heavy atom. The molecule has 0 aromatic carbocycles. The molecule has 0 bridgehead atoms. The van der Waals surface area contributed by atoms with Gasteiger partial charge in [0.25, 0.3) is 0 Å². The molecule has 2 heterocycles. The highest BCUT2D eigenvalue weighted by Gasteiger charge is 2.20. The smallest absolute Gasteiger partial charge is 0.317 e. The molecule has 1 saturated heterocycles. The summed E-state index contributed by atoms with van der Waals surface area (Å²) in [4.78, 5) is 16.9. The van der Waals surface area contributed by atoms with Gasteiger partial charge in [-0.2, -0.15) is 0 Å². The molecule has 0 aliphatic carbocycles. The predicted octanol–water partition coefficient (Wildman–Crippen LogP) is 1.62. The number of piperidine rings is 1. The van der Waals surface area contributed by atoms with Crippen molar-refractivity contribution in [3.63, 3.8) is 0 Å². The van der Waals surface area contributed by atoms with Crippen molar-refractivity contribution >= 4 is 17.6 Å². The van der Waals surface area contributed by atoms with Gasteiger partial charge in [0.05, 0.1) is 11.6 Å². The van der Waals surface area contributed by atoms with Gasteiger partial charge in [-0.15, -0.1) is 0 Å². The highest BCUT2D eigenvalue weighted by molar-refractivity contribution is 6.31. The second kappa shape index (κ2) is 7.57. The van der Waals surface area contributed by atoms with E-state index in [1.54, 1.807) is 12.4 Å². The zero-order chi connectivity index (χ0) is 14.4. The molecule has 0 saturated carbocycles. The zero-order valence-electron chi connectivity index (χ0n) is 11.4. The molecular weight excluding hydrogens is 278 g/mol. The first kappa shape index (κ1) is 15.2. The average molecular weight is 298 g/mol. The zero-order valence-corrected chi connectivity index (χ0v) is 12.1. The minimum atomic E-state index is -0.804. The van der Waals surface area contributed by atoms with Gasteiger partial charge >= 0.3 is 5.97 Å². The maximum absolute atomic E-state index is 10.5. The van der Waals surface area contributed by atoms with E-state index in [2.05, 4.69) is 15.2 Å². The van der Waals surface area contributed by atoms with Crippen molar-refractivity contribution in [2.24, 2.45) is 5.92 Å². The topological polar surface area (TPSA) is 65.5 Å². The Bertz CT molecular complexity index is 456. The Kier molecular flexibility index (Phi) is 5.76. The number of rotatable bonds is 6. The van der Waals surface area contributed by atoms with Crippen LogP contribution in [0.2, 0.25) is 5.02 Å². The third kappa shape index (κ3) is 4.74. The average Bonchev–Trinajstić information content (AvgIpc) is 2.41. The van der Waals surface area contributed by atoms with Gasteiger partial charge in [-0.25, -0.2) is 0 Å². The van der Waals surface area contributed by atoms with Gasteiger partial charge < -0.3 is 10.4 Å². The van der Waals surface area contributed by atoms with Gasteiger partial charge in [-0.05, 0) is 43.5 Å². The van der Waals surface area contributed by atoms with Crippen molar-refractivity contribution in [3.05, 3.63) is 29.0 Å². The Labute approximate surface area is 123 Å². The Balaban J connectivity index is 1.81. The fourth-order valence-electron chi connectivity index (χ4n) is 2.62. The summed E-state index contributed by atoms with van der Waals surface area (Å²) in [5.74, 6) is -0.301. The van der Waals surface area contributed by atoms with Crippen LogP contribution in [0.1, 0.15) is 18.4 Å². The molecule has 1 aliphatic heterocycles. The molecule has 1 atom stereocenters. The van der Waals surface area contributed by atoms with Gasteiger partial charge in [0.1, 0.15) is 0 Å². The fourth-order valence-corrected chi connectivity index (χ4v) is 2.80. The first-order valence-corrected chi connectivity index (χ1v) is 7.26. The van der Waals surface area contributed by atoms with Crippen LogP contribution in [0.25, 0.3) is 0 Å². The van der Waals surface area contributed by atoms with E-state index in [4.69, 9.17) is 16.7 Å². The summed E-state index contributed by atoms with van der Waals surface area (Å²) in [6.45, 7) is 3.66. The summed E-state index contributed by atoms with van der Waals surface area (Å²) in [7, 11) is 0. The van der Waals surface area contributed by atoms with E-state index in [1.807, 2.05) is 6.07 Å². The largest absolute Gasteiger partial charge is 0.480 e. The van der Waals surface area contributed by atoms with Crippen molar-refractivity contribution < 1.29 is 9.90 Å². The molecule has 2 rings (SSSR count). The van der Waals surface area contributed by atoms with Crippen molar-refractivity contribution in [3.8, 4) is 0 Å². The lowest BCUT2D eigenvalue weighted by Gasteiger charge is -2.33. The molecule has 2 N–H and O–H groups in total. The highest BCUT2D eigenvalue weighted by atomic mass is 35.5. The Morgan fingerprint density at radius 2 is 2.45 bits per heavy atom. The summed E-state index contributed by atoms with van der Waals surface area (Å²) in [6, 6.07) is 1.95. The molecule has 0 radical (unpaired) electrons. The molecule has 1 unspecified atom stereocenters. The standard InChI is InChI=1S/C14H20ClN3O2/c15-13-7-16-4-3-12(13)10-18-5-1-2-11(9-18)6-17-8-14(19)20/h3-4,7,11,17H,1-2,5-6,8-10H2,(H,19,20). The third-order valence-electron chi connectivity index (χ3n) is 3.56. The minimum Gasteiger partial charge on any atom is -0.480 e. The summed E-state index contributed by atoms with van der Waals surface area (Å²) >= 11 is 6.13. The van der Waals surface area contributed by atoms with Crippen molar-refractivity contribution in [1.82, 2.24) is 15.2 Å². The number of hydrogen-bond donors (Lipinski definition) is 2. The summed E-state index contributed by atoms with van der Waals surface area (Å²) in [5, 5.41) is 12.3. The van der Waals surface area contributed by atoms with E-state index in [0.29, 0.717) is 10.9 Å².